The van der Waals surface area contributed by atoms with Crippen LogP contribution in [0.1, 0.15) is 40.2 Å². The van der Waals surface area contributed by atoms with Gasteiger partial charge in [-0.2, -0.15) is 5.43 Å². The number of hydrazine groups is 1. The third-order valence-corrected chi connectivity index (χ3v) is 6.71. The zero-order valence-electron chi connectivity index (χ0n) is 21.3. The Morgan fingerprint density at radius 2 is 1.78 bits per heavy atom. The molecule has 0 aromatic heterocycles. The van der Waals surface area contributed by atoms with E-state index in [1.807, 2.05) is 74.5 Å². The third-order valence-electron chi connectivity index (χ3n) is 6.71. The maximum Gasteiger partial charge on any atom is 0.408 e. The first-order valence-corrected chi connectivity index (χ1v) is 12.0. The van der Waals surface area contributed by atoms with Crippen LogP contribution in [-0.4, -0.2) is 30.4 Å². The summed E-state index contributed by atoms with van der Waals surface area (Å²) in [4.78, 5) is 27.9. The third kappa shape index (κ3) is 3.39. The number of alkyl carbamates (subject to hydrolysis) is 1. The molecule has 5 rings (SSSR count). The summed E-state index contributed by atoms with van der Waals surface area (Å²) < 4.78 is 17.8. The largest absolute Gasteiger partial charge is 0.497 e. The van der Waals surface area contributed by atoms with E-state index in [0.717, 1.165) is 10.8 Å². The highest BCUT2D eigenvalue weighted by molar-refractivity contribution is 6.10. The van der Waals surface area contributed by atoms with Crippen molar-refractivity contribution in [3.05, 3.63) is 66.2 Å². The Bertz CT molecular complexity index is 1350. The zero-order valence-corrected chi connectivity index (χ0v) is 21.3. The molecule has 2 N–H and O–H groups in total. The number of benzene rings is 3. The fourth-order valence-corrected chi connectivity index (χ4v) is 5.17. The molecular weight excluding hydrogens is 458 g/mol. The van der Waals surface area contributed by atoms with Gasteiger partial charge in [-0.15, -0.1) is 0 Å². The number of rotatable bonds is 4. The highest BCUT2D eigenvalue weighted by Gasteiger charge is 2.74. The molecule has 0 spiro atoms. The van der Waals surface area contributed by atoms with Crippen LogP contribution in [0.25, 0.3) is 10.8 Å². The van der Waals surface area contributed by atoms with Crippen LogP contribution in [0.2, 0.25) is 0 Å². The van der Waals surface area contributed by atoms with E-state index in [-0.39, 0.29) is 11.8 Å². The van der Waals surface area contributed by atoms with Gasteiger partial charge in [-0.05, 0) is 61.9 Å². The number of fused-ring (bicyclic) bond motifs is 5. The van der Waals surface area contributed by atoms with Crippen LogP contribution in [0, 0.1) is 5.92 Å². The number of carbonyl (C=O) groups excluding carboxylic acids is 2. The minimum absolute atomic E-state index is 0.252. The number of hydrogen-bond acceptors (Lipinski definition) is 6. The fourth-order valence-electron chi connectivity index (χ4n) is 5.17. The Labute approximate surface area is 210 Å². The molecule has 2 aliphatic heterocycles. The SMILES string of the molecule is COc1ccc2ccc3c(c2c1)[C@@]1(NC(=O)OC(C)(C)C)C(=O)N(c2ccccc2)N[C@@]1(C(C)C)O3. The predicted octanol–water partition coefficient (Wildman–Crippen LogP) is 4.86. The summed E-state index contributed by atoms with van der Waals surface area (Å²) in [5, 5.41) is 6.07. The van der Waals surface area contributed by atoms with Gasteiger partial charge >= 0.3 is 6.09 Å². The number of para-hydroxylation sites is 1. The van der Waals surface area contributed by atoms with Crippen LogP contribution in [0.5, 0.6) is 11.5 Å². The first kappa shape index (κ1) is 23.9. The second-order valence-corrected chi connectivity index (χ2v) is 10.5. The number of anilines is 1. The van der Waals surface area contributed by atoms with E-state index >= 15 is 0 Å². The van der Waals surface area contributed by atoms with Gasteiger partial charge in [0.25, 0.3) is 5.91 Å². The Hall–Kier alpha value is -3.78. The summed E-state index contributed by atoms with van der Waals surface area (Å²) >= 11 is 0. The summed E-state index contributed by atoms with van der Waals surface area (Å²) in [5.74, 6) is 0.512. The van der Waals surface area contributed by atoms with Gasteiger partial charge in [0.05, 0.1) is 12.8 Å². The molecule has 188 valence electrons. The molecule has 36 heavy (non-hydrogen) atoms. The molecule has 0 aliphatic carbocycles. The predicted molar refractivity (Wildman–Crippen MR) is 137 cm³/mol. The fraction of sp³-hybridized carbons (Fsp3) is 0.357. The van der Waals surface area contributed by atoms with Crippen molar-refractivity contribution >= 4 is 28.5 Å². The van der Waals surface area contributed by atoms with Crippen molar-refractivity contribution in [1.29, 1.82) is 0 Å². The number of nitrogens with one attached hydrogen (secondary N) is 2. The van der Waals surface area contributed by atoms with Gasteiger partial charge in [0.1, 0.15) is 17.1 Å². The molecule has 3 aromatic carbocycles. The minimum atomic E-state index is -1.62. The number of carbonyl (C=O) groups is 2. The molecule has 1 saturated heterocycles. The summed E-state index contributed by atoms with van der Waals surface area (Å²) in [7, 11) is 1.59. The quantitative estimate of drug-likeness (QED) is 0.544. The second kappa shape index (κ2) is 8.13. The van der Waals surface area contributed by atoms with E-state index in [2.05, 4.69) is 10.7 Å². The van der Waals surface area contributed by atoms with E-state index in [4.69, 9.17) is 14.2 Å². The summed E-state index contributed by atoms with van der Waals surface area (Å²) in [6.07, 6.45) is -0.714. The van der Waals surface area contributed by atoms with Gasteiger partial charge in [0.15, 0.2) is 0 Å². The first-order valence-electron chi connectivity index (χ1n) is 12.0. The zero-order chi connectivity index (χ0) is 25.9. The number of hydrogen-bond donors (Lipinski definition) is 2. The second-order valence-electron chi connectivity index (χ2n) is 10.5. The summed E-state index contributed by atoms with van der Waals surface area (Å²) in [5.41, 5.74) is 0.824. The van der Waals surface area contributed by atoms with Crippen molar-refractivity contribution in [2.45, 2.75) is 51.5 Å². The maximum atomic E-state index is 14.6. The van der Waals surface area contributed by atoms with Crippen molar-refractivity contribution < 1.29 is 23.8 Å². The summed E-state index contributed by atoms with van der Waals surface area (Å²) in [6.45, 7) is 9.25. The highest BCUT2D eigenvalue weighted by atomic mass is 16.6. The average Bonchev–Trinajstić information content (AvgIpc) is 3.25. The van der Waals surface area contributed by atoms with Gasteiger partial charge in [-0.3, -0.25) is 10.1 Å². The Morgan fingerprint density at radius 1 is 1.08 bits per heavy atom. The van der Waals surface area contributed by atoms with Crippen molar-refractivity contribution in [2.75, 3.05) is 12.1 Å². The molecule has 2 aliphatic rings. The van der Waals surface area contributed by atoms with Crippen molar-refractivity contribution in [3.8, 4) is 11.5 Å². The lowest BCUT2D eigenvalue weighted by atomic mass is 9.75. The number of amides is 2. The first-order chi connectivity index (χ1) is 17.0. The standard InChI is InChI=1S/C28H31N3O5/c1-17(2)28-27(29-25(33)36-26(3,4)5,24(32)31(30-28)19-10-8-7-9-11-19)23-21-16-20(34-6)14-12-18(21)13-15-22(23)35-28/h7-17,30H,1-6H3,(H,29,33)/t27-,28+/m1/s1. The average molecular weight is 490 g/mol. The van der Waals surface area contributed by atoms with E-state index < -0.39 is 23.0 Å². The van der Waals surface area contributed by atoms with E-state index in [1.165, 1.54) is 5.01 Å². The number of methoxy groups -OCH3 is 1. The lowest BCUT2D eigenvalue weighted by Crippen LogP contribution is -2.67. The van der Waals surface area contributed by atoms with Gasteiger partial charge < -0.3 is 14.2 Å². The lowest BCUT2D eigenvalue weighted by molar-refractivity contribution is -0.128. The summed E-state index contributed by atoms with van der Waals surface area (Å²) in [6, 6.07) is 18.7. The molecule has 0 radical (unpaired) electrons. The topological polar surface area (TPSA) is 89.1 Å². The van der Waals surface area contributed by atoms with Crippen LogP contribution >= 0.6 is 0 Å². The Balaban J connectivity index is 1.80. The number of ether oxygens (including phenoxy) is 3. The molecule has 2 atom stereocenters. The van der Waals surface area contributed by atoms with E-state index in [0.29, 0.717) is 22.7 Å². The molecule has 2 amide bonds. The lowest BCUT2D eigenvalue weighted by Gasteiger charge is -2.39. The molecule has 0 bridgehead atoms. The molecule has 1 fully saturated rings. The molecule has 2 heterocycles. The Morgan fingerprint density at radius 3 is 2.42 bits per heavy atom. The normalized spacial score (nSPS) is 22.9. The molecule has 8 heteroatoms. The van der Waals surface area contributed by atoms with E-state index in [9.17, 15) is 9.59 Å². The van der Waals surface area contributed by atoms with Crippen molar-refractivity contribution in [3.63, 3.8) is 0 Å². The number of nitrogens with zero attached hydrogens (tertiary/aromatic N) is 1. The van der Waals surface area contributed by atoms with Gasteiger partial charge in [-0.25, -0.2) is 9.80 Å². The van der Waals surface area contributed by atoms with Crippen LogP contribution < -0.4 is 25.2 Å². The van der Waals surface area contributed by atoms with E-state index in [1.54, 1.807) is 27.9 Å². The van der Waals surface area contributed by atoms with Gasteiger partial charge in [-0.1, -0.05) is 44.2 Å². The molecule has 8 nitrogen and oxygen atoms in total. The van der Waals surface area contributed by atoms with Gasteiger partial charge in [0.2, 0.25) is 11.3 Å². The highest BCUT2D eigenvalue weighted by Crippen LogP contribution is 2.56. The molecule has 3 aromatic rings. The minimum Gasteiger partial charge on any atom is -0.497 e. The van der Waals surface area contributed by atoms with Crippen LogP contribution in [0.3, 0.4) is 0 Å². The maximum absolute atomic E-state index is 14.6. The van der Waals surface area contributed by atoms with Gasteiger partial charge in [0, 0.05) is 11.5 Å². The van der Waals surface area contributed by atoms with Crippen molar-refractivity contribution in [2.24, 2.45) is 5.92 Å². The van der Waals surface area contributed by atoms with Crippen LogP contribution in [-0.2, 0) is 15.1 Å². The van der Waals surface area contributed by atoms with Crippen molar-refractivity contribution in [1.82, 2.24) is 10.7 Å². The van der Waals surface area contributed by atoms with Crippen LogP contribution in [0.15, 0.2) is 60.7 Å². The monoisotopic (exact) mass is 489 g/mol. The molecular formula is C28H31N3O5. The smallest absolute Gasteiger partial charge is 0.408 e. The molecule has 0 saturated carbocycles. The van der Waals surface area contributed by atoms with Crippen LogP contribution in [0.4, 0.5) is 10.5 Å². The Kier molecular flexibility index (Phi) is 5.41. The molecule has 0 unspecified atom stereocenters.